The number of pyridine rings is 1. The van der Waals surface area contributed by atoms with E-state index >= 15 is 0 Å². The Labute approximate surface area is 123 Å². The second-order valence-corrected chi connectivity index (χ2v) is 4.72. The second-order valence-electron chi connectivity index (χ2n) is 4.72. The first-order valence-corrected chi connectivity index (χ1v) is 6.96. The lowest BCUT2D eigenvalue weighted by molar-refractivity contribution is 1.04. The molecule has 0 radical (unpaired) electrons. The molecule has 0 aliphatic rings. The summed E-state index contributed by atoms with van der Waals surface area (Å²) in [5.74, 6) is 2.31. The average molecular weight is 279 g/mol. The van der Waals surface area contributed by atoms with Gasteiger partial charge in [0.15, 0.2) is 0 Å². The van der Waals surface area contributed by atoms with E-state index in [1.54, 1.807) is 6.20 Å². The molecule has 5 heteroatoms. The van der Waals surface area contributed by atoms with Crippen LogP contribution in [0, 0.1) is 6.92 Å². The normalized spacial score (nSPS) is 10.6. The van der Waals surface area contributed by atoms with Crippen LogP contribution >= 0.6 is 0 Å². The Hall–Kier alpha value is -2.69. The summed E-state index contributed by atoms with van der Waals surface area (Å²) in [4.78, 5) is 13.2. The van der Waals surface area contributed by atoms with Crippen molar-refractivity contribution in [3.8, 4) is 0 Å². The summed E-state index contributed by atoms with van der Waals surface area (Å²) in [6, 6.07) is 11.9. The van der Waals surface area contributed by atoms with E-state index in [2.05, 4.69) is 25.6 Å². The maximum atomic E-state index is 4.44. The Morgan fingerprint density at radius 3 is 2.71 bits per heavy atom. The molecule has 2 N–H and O–H groups in total. The zero-order valence-electron chi connectivity index (χ0n) is 12.1. The van der Waals surface area contributed by atoms with Gasteiger partial charge in [-0.05, 0) is 26.0 Å². The number of hydrogen-bond donors (Lipinski definition) is 2. The van der Waals surface area contributed by atoms with Gasteiger partial charge in [0.05, 0.1) is 11.2 Å². The number of rotatable bonds is 4. The molecule has 0 aliphatic carbocycles. The third-order valence-corrected chi connectivity index (χ3v) is 3.09. The van der Waals surface area contributed by atoms with E-state index in [0.717, 1.165) is 40.6 Å². The molecule has 106 valence electrons. The van der Waals surface area contributed by atoms with Gasteiger partial charge in [0.25, 0.3) is 0 Å². The van der Waals surface area contributed by atoms with E-state index in [1.807, 2.05) is 50.2 Å². The van der Waals surface area contributed by atoms with E-state index in [1.165, 1.54) is 0 Å². The third-order valence-electron chi connectivity index (χ3n) is 3.09. The minimum absolute atomic E-state index is 0.726. The monoisotopic (exact) mass is 279 g/mol. The fourth-order valence-corrected chi connectivity index (χ4v) is 2.25. The summed E-state index contributed by atoms with van der Waals surface area (Å²) in [5.41, 5.74) is 1.87. The smallest absolute Gasteiger partial charge is 0.136 e. The molecule has 0 aliphatic heterocycles. The summed E-state index contributed by atoms with van der Waals surface area (Å²) in [5, 5.41) is 7.64. The third kappa shape index (κ3) is 2.91. The Kier molecular flexibility index (Phi) is 3.64. The van der Waals surface area contributed by atoms with Gasteiger partial charge < -0.3 is 10.6 Å². The SMILES string of the molecule is CCNc1cc(Nc2cccc3cccnc23)nc(C)n1. The van der Waals surface area contributed by atoms with Crippen LogP contribution in [0.15, 0.2) is 42.6 Å². The van der Waals surface area contributed by atoms with Crippen molar-refractivity contribution in [3.05, 3.63) is 48.4 Å². The van der Waals surface area contributed by atoms with Crippen molar-refractivity contribution in [1.82, 2.24) is 15.0 Å². The van der Waals surface area contributed by atoms with Crippen LogP contribution in [0.1, 0.15) is 12.7 Å². The molecule has 21 heavy (non-hydrogen) atoms. The maximum Gasteiger partial charge on any atom is 0.136 e. The number of benzene rings is 1. The molecule has 2 heterocycles. The summed E-state index contributed by atoms with van der Waals surface area (Å²) in [6.45, 7) is 4.75. The van der Waals surface area contributed by atoms with Gasteiger partial charge in [-0.25, -0.2) is 9.97 Å². The predicted molar refractivity (Wildman–Crippen MR) is 86.0 cm³/mol. The first-order chi connectivity index (χ1) is 10.3. The fraction of sp³-hybridized carbons (Fsp3) is 0.188. The molecule has 0 saturated heterocycles. The van der Waals surface area contributed by atoms with Crippen molar-refractivity contribution in [3.63, 3.8) is 0 Å². The van der Waals surface area contributed by atoms with Crippen molar-refractivity contribution in [2.45, 2.75) is 13.8 Å². The van der Waals surface area contributed by atoms with Gasteiger partial charge in [-0.3, -0.25) is 4.98 Å². The summed E-state index contributed by atoms with van der Waals surface area (Å²) < 4.78 is 0. The number of anilines is 3. The lowest BCUT2D eigenvalue weighted by Crippen LogP contribution is -2.04. The number of aryl methyl sites for hydroxylation is 1. The van der Waals surface area contributed by atoms with Crippen LogP contribution in [0.3, 0.4) is 0 Å². The molecule has 0 amide bonds. The summed E-state index contributed by atoms with van der Waals surface area (Å²) in [7, 11) is 0. The number of nitrogens with zero attached hydrogens (tertiary/aromatic N) is 3. The van der Waals surface area contributed by atoms with Gasteiger partial charge in [0, 0.05) is 24.2 Å². The zero-order chi connectivity index (χ0) is 14.7. The van der Waals surface area contributed by atoms with Crippen LogP contribution in [0.4, 0.5) is 17.3 Å². The summed E-state index contributed by atoms with van der Waals surface area (Å²) >= 11 is 0. The lowest BCUT2D eigenvalue weighted by Gasteiger charge is -2.10. The Morgan fingerprint density at radius 2 is 1.86 bits per heavy atom. The second kappa shape index (κ2) is 5.75. The zero-order valence-corrected chi connectivity index (χ0v) is 12.1. The number of para-hydroxylation sites is 1. The number of nitrogens with one attached hydrogen (secondary N) is 2. The lowest BCUT2D eigenvalue weighted by atomic mass is 10.2. The van der Waals surface area contributed by atoms with E-state index in [-0.39, 0.29) is 0 Å². The van der Waals surface area contributed by atoms with Crippen LogP contribution in [-0.2, 0) is 0 Å². The first kappa shape index (κ1) is 13.3. The Morgan fingerprint density at radius 1 is 1.05 bits per heavy atom. The molecule has 0 saturated carbocycles. The van der Waals surface area contributed by atoms with E-state index in [9.17, 15) is 0 Å². The molecular weight excluding hydrogens is 262 g/mol. The maximum absolute atomic E-state index is 4.44. The van der Waals surface area contributed by atoms with Crippen molar-refractivity contribution in [2.75, 3.05) is 17.2 Å². The van der Waals surface area contributed by atoms with Crippen molar-refractivity contribution in [2.24, 2.45) is 0 Å². The molecule has 0 unspecified atom stereocenters. The fourth-order valence-electron chi connectivity index (χ4n) is 2.25. The Bertz CT molecular complexity index is 764. The molecule has 3 rings (SSSR count). The largest absolute Gasteiger partial charge is 0.370 e. The van der Waals surface area contributed by atoms with Gasteiger partial charge >= 0.3 is 0 Å². The molecule has 0 bridgehead atoms. The van der Waals surface area contributed by atoms with Crippen LogP contribution in [0.5, 0.6) is 0 Å². The van der Waals surface area contributed by atoms with E-state index < -0.39 is 0 Å². The molecule has 2 aromatic heterocycles. The highest BCUT2D eigenvalue weighted by molar-refractivity contribution is 5.91. The molecule has 0 atom stereocenters. The minimum Gasteiger partial charge on any atom is -0.370 e. The molecule has 1 aromatic carbocycles. The quantitative estimate of drug-likeness (QED) is 0.765. The van der Waals surface area contributed by atoms with Gasteiger partial charge in [-0.2, -0.15) is 0 Å². The van der Waals surface area contributed by atoms with Gasteiger partial charge in [0.2, 0.25) is 0 Å². The molecule has 0 fully saturated rings. The van der Waals surface area contributed by atoms with Gasteiger partial charge in [0.1, 0.15) is 17.5 Å². The molecular formula is C16H17N5. The topological polar surface area (TPSA) is 62.7 Å². The van der Waals surface area contributed by atoms with E-state index in [4.69, 9.17) is 0 Å². The summed E-state index contributed by atoms with van der Waals surface area (Å²) in [6.07, 6.45) is 1.79. The van der Waals surface area contributed by atoms with Crippen LogP contribution in [0.25, 0.3) is 10.9 Å². The highest BCUT2D eigenvalue weighted by Gasteiger charge is 2.05. The van der Waals surface area contributed by atoms with Crippen LogP contribution in [0.2, 0.25) is 0 Å². The predicted octanol–water partition coefficient (Wildman–Crippen LogP) is 3.51. The van der Waals surface area contributed by atoms with Crippen LogP contribution < -0.4 is 10.6 Å². The van der Waals surface area contributed by atoms with Gasteiger partial charge in [-0.1, -0.05) is 18.2 Å². The van der Waals surface area contributed by atoms with Crippen LogP contribution in [-0.4, -0.2) is 21.5 Å². The van der Waals surface area contributed by atoms with E-state index in [0.29, 0.717) is 0 Å². The van der Waals surface area contributed by atoms with Crippen molar-refractivity contribution in [1.29, 1.82) is 0 Å². The first-order valence-electron chi connectivity index (χ1n) is 6.96. The molecule has 5 nitrogen and oxygen atoms in total. The standard InChI is InChI=1S/C16H17N5/c1-3-17-14-10-15(20-11(2)19-14)21-13-8-4-6-12-7-5-9-18-16(12)13/h4-10H,3H2,1-2H3,(H2,17,19,20,21). The average Bonchev–Trinajstić information content (AvgIpc) is 2.47. The Balaban J connectivity index is 1.98. The molecule has 3 aromatic rings. The number of hydrogen-bond acceptors (Lipinski definition) is 5. The minimum atomic E-state index is 0.726. The molecule has 0 spiro atoms. The number of aromatic nitrogens is 3. The van der Waals surface area contributed by atoms with Gasteiger partial charge in [-0.15, -0.1) is 0 Å². The highest BCUT2D eigenvalue weighted by atomic mass is 15.1. The van der Waals surface area contributed by atoms with Crippen molar-refractivity contribution < 1.29 is 0 Å². The van der Waals surface area contributed by atoms with Crippen molar-refractivity contribution >= 4 is 28.2 Å². The highest BCUT2D eigenvalue weighted by Crippen LogP contribution is 2.24. The number of fused-ring (bicyclic) bond motifs is 1.